The molecule has 0 aliphatic carbocycles. The molecule has 7 heteroatoms. The minimum atomic E-state index is -3.55. The van der Waals surface area contributed by atoms with Crippen LogP contribution in [0.3, 0.4) is 0 Å². The average Bonchev–Trinajstić information content (AvgIpc) is 2.73. The van der Waals surface area contributed by atoms with Gasteiger partial charge in [-0.1, -0.05) is 37.3 Å². The lowest BCUT2D eigenvalue weighted by atomic mass is 10.1. The molecule has 29 heavy (non-hydrogen) atoms. The molecule has 0 amide bonds. The lowest BCUT2D eigenvalue weighted by Crippen LogP contribution is -2.42. The van der Waals surface area contributed by atoms with Gasteiger partial charge in [0.2, 0.25) is 10.0 Å². The largest absolute Gasteiger partial charge is 0.493 e. The summed E-state index contributed by atoms with van der Waals surface area (Å²) in [7, 11) is -3.55. The van der Waals surface area contributed by atoms with Crippen LogP contribution in [0.4, 0.5) is 0 Å². The summed E-state index contributed by atoms with van der Waals surface area (Å²) < 4.78 is 39.5. The van der Waals surface area contributed by atoms with E-state index in [0.717, 1.165) is 36.4 Å². The van der Waals surface area contributed by atoms with Gasteiger partial charge in [0.1, 0.15) is 5.75 Å². The van der Waals surface area contributed by atoms with Crippen molar-refractivity contribution in [3.05, 3.63) is 59.7 Å². The minimum absolute atomic E-state index is 0.0277. The third-order valence-electron chi connectivity index (χ3n) is 4.96. The van der Waals surface area contributed by atoms with Crippen LogP contribution in [0.25, 0.3) is 0 Å². The summed E-state index contributed by atoms with van der Waals surface area (Å²) in [5.74, 6) is 0.728. The molecule has 6 nitrogen and oxygen atoms in total. The number of aryl methyl sites for hydroxylation is 1. The smallest absolute Gasteiger partial charge is 0.240 e. The lowest BCUT2D eigenvalue weighted by molar-refractivity contribution is -0.0291. The van der Waals surface area contributed by atoms with Crippen LogP contribution in [-0.2, 0) is 14.8 Å². The Morgan fingerprint density at radius 1 is 1.21 bits per heavy atom. The molecular weight excluding hydrogens is 388 g/mol. The first-order valence-corrected chi connectivity index (χ1v) is 11.6. The third kappa shape index (κ3) is 6.02. The summed E-state index contributed by atoms with van der Waals surface area (Å²) in [4.78, 5) is 2.50. The fourth-order valence-corrected chi connectivity index (χ4v) is 4.47. The van der Waals surface area contributed by atoms with E-state index >= 15 is 0 Å². The van der Waals surface area contributed by atoms with Gasteiger partial charge in [-0.3, -0.25) is 4.90 Å². The number of hydrogen-bond donors (Lipinski definition) is 1. The zero-order valence-electron chi connectivity index (χ0n) is 17.1. The molecule has 1 aliphatic rings. The molecule has 1 atom stereocenters. The highest BCUT2D eigenvalue weighted by Gasteiger charge is 2.22. The molecule has 1 N–H and O–H groups in total. The second-order valence-electron chi connectivity index (χ2n) is 7.24. The standard InChI is InChI=1S/C22H30N2O4S/c1-3-14-27-21-10-9-20(16-18(21)2)29(25,26)23-11-12-24-13-15-28-22(17-24)19-7-5-4-6-8-19/h4-10,16,22-23H,3,11-15,17H2,1-2H3/t22-/m1/s1. The summed E-state index contributed by atoms with van der Waals surface area (Å²) in [6.45, 7) is 7.72. The maximum Gasteiger partial charge on any atom is 0.240 e. The van der Waals surface area contributed by atoms with Crippen LogP contribution in [0.2, 0.25) is 0 Å². The number of nitrogens with one attached hydrogen (secondary N) is 1. The summed E-state index contributed by atoms with van der Waals surface area (Å²) in [5, 5.41) is 0. The van der Waals surface area contributed by atoms with Crippen molar-refractivity contribution in [3.63, 3.8) is 0 Å². The van der Waals surface area contributed by atoms with E-state index in [1.807, 2.05) is 32.0 Å². The molecule has 2 aromatic carbocycles. The fraction of sp³-hybridized carbons (Fsp3) is 0.455. The summed E-state index contributed by atoms with van der Waals surface area (Å²) in [5.41, 5.74) is 1.97. The molecule has 0 radical (unpaired) electrons. The Balaban J connectivity index is 1.53. The molecule has 1 saturated heterocycles. The summed E-state index contributed by atoms with van der Waals surface area (Å²) >= 11 is 0. The second kappa shape index (κ2) is 10.2. The van der Waals surface area contributed by atoms with Gasteiger partial charge < -0.3 is 9.47 Å². The monoisotopic (exact) mass is 418 g/mol. The molecule has 2 aromatic rings. The van der Waals surface area contributed by atoms with E-state index in [1.165, 1.54) is 0 Å². The molecule has 0 saturated carbocycles. The van der Waals surface area contributed by atoms with Gasteiger partial charge >= 0.3 is 0 Å². The van der Waals surface area contributed by atoms with E-state index < -0.39 is 10.0 Å². The predicted octanol–water partition coefficient (Wildman–Crippen LogP) is 3.14. The van der Waals surface area contributed by atoms with Crippen molar-refractivity contribution < 1.29 is 17.9 Å². The van der Waals surface area contributed by atoms with Gasteiger partial charge in [0.15, 0.2) is 0 Å². The molecule has 0 aromatic heterocycles. The highest BCUT2D eigenvalue weighted by atomic mass is 32.2. The minimum Gasteiger partial charge on any atom is -0.493 e. The van der Waals surface area contributed by atoms with Gasteiger partial charge in [0.25, 0.3) is 0 Å². The van der Waals surface area contributed by atoms with Crippen LogP contribution in [0.5, 0.6) is 5.75 Å². The third-order valence-corrected chi connectivity index (χ3v) is 6.42. The Morgan fingerprint density at radius 3 is 2.72 bits per heavy atom. The molecule has 3 rings (SSSR count). The van der Waals surface area contributed by atoms with Crippen molar-refractivity contribution in [2.24, 2.45) is 0 Å². The quantitative estimate of drug-likeness (QED) is 0.678. The van der Waals surface area contributed by atoms with Crippen LogP contribution < -0.4 is 9.46 Å². The van der Waals surface area contributed by atoms with Crippen LogP contribution in [0.1, 0.15) is 30.6 Å². The Kier molecular flexibility index (Phi) is 7.66. The number of benzene rings is 2. The van der Waals surface area contributed by atoms with E-state index in [-0.39, 0.29) is 11.0 Å². The highest BCUT2D eigenvalue weighted by Crippen LogP contribution is 2.23. The number of ether oxygens (including phenoxy) is 2. The van der Waals surface area contributed by atoms with Crippen molar-refractivity contribution >= 4 is 10.0 Å². The first-order valence-electron chi connectivity index (χ1n) is 10.1. The van der Waals surface area contributed by atoms with Crippen molar-refractivity contribution in [1.82, 2.24) is 9.62 Å². The number of sulfonamides is 1. The van der Waals surface area contributed by atoms with Crippen LogP contribution in [-0.4, -0.2) is 52.7 Å². The van der Waals surface area contributed by atoms with Crippen molar-refractivity contribution in [2.45, 2.75) is 31.3 Å². The van der Waals surface area contributed by atoms with E-state index in [0.29, 0.717) is 26.3 Å². The number of rotatable bonds is 9. The Labute approximate surface area is 173 Å². The molecule has 0 bridgehead atoms. The van der Waals surface area contributed by atoms with Gasteiger partial charge in [0, 0.05) is 26.2 Å². The van der Waals surface area contributed by atoms with Gasteiger partial charge in [-0.2, -0.15) is 0 Å². The topological polar surface area (TPSA) is 67.9 Å². The van der Waals surface area contributed by atoms with Gasteiger partial charge in [-0.05, 0) is 42.7 Å². The van der Waals surface area contributed by atoms with E-state index in [9.17, 15) is 8.42 Å². The molecular formula is C22H30N2O4S. The molecule has 0 unspecified atom stereocenters. The lowest BCUT2D eigenvalue weighted by Gasteiger charge is -2.33. The Morgan fingerprint density at radius 2 is 2.00 bits per heavy atom. The van der Waals surface area contributed by atoms with Crippen molar-refractivity contribution in [1.29, 1.82) is 0 Å². The SMILES string of the molecule is CCCOc1ccc(S(=O)(=O)NCCN2CCO[C@@H](c3ccccc3)C2)cc1C. The Bertz CT molecular complexity index is 887. The summed E-state index contributed by atoms with van der Waals surface area (Å²) in [6.07, 6.45) is 0.938. The molecule has 1 heterocycles. The van der Waals surface area contributed by atoms with E-state index in [4.69, 9.17) is 9.47 Å². The van der Waals surface area contributed by atoms with Gasteiger partial charge in [0.05, 0.1) is 24.2 Å². The first-order chi connectivity index (χ1) is 14.0. The van der Waals surface area contributed by atoms with Crippen molar-refractivity contribution in [3.8, 4) is 5.75 Å². The predicted molar refractivity (Wildman–Crippen MR) is 114 cm³/mol. The first kappa shape index (κ1) is 21.8. The maximum atomic E-state index is 12.6. The number of morpholine rings is 1. The van der Waals surface area contributed by atoms with E-state index in [2.05, 4.69) is 21.8 Å². The van der Waals surface area contributed by atoms with Crippen LogP contribution in [0, 0.1) is 6.92 Å². The molecule has 1 fully saturated rings. The zero-order chi connectivity index (χ0) is 20.7. The number of nitrogens with zero attached hydrogens (tertiary/aromatic N) is 1. The fourth-order valence-electron chi connectivity index (χ4n) is 3.36. The average molecular weight is 419 g/mol. The maximum absolute atomic E-state index is 12.6. The zero-order valence-corrected chi connectivity index (χ0v) is 18.0. The van der Waals surface area contributed by atoms with Crippen LogP contribution >= 0.6 is 0 Å². The van der Waals surface area contributed by atoms with Gasteiger partial charge in [-0.25, -0.2) is 13.1 Å². The van der Waals surface area contributed by atoms with E-state index in [1.54, 1.807) is 18.2 Å². The van der Waals surface area contributed by atoms with Crippen LogP contribution in [0.15, 0.2) is 53.4 Å². The molecule has 0 spiro atoms. The molecule has 1 aliphatic heterocycles. The van der Waals surface area contributed by atoms with Crippen molar-refractivity contribution in [2.75, 3.05) is 39.4 Å². The van der Waals surface area contributed by atoms with Gasteiger partial charge in [-0.15, -0.1) is 0 Å². The normalized spacial score (nSPS) is 17.9. The molecule has 158 valence electrons. The number of hydrogen-bond acceptors (Lipinski definition) is 5. The highest BCUT2D eigenvalue weighted by molar-refractivity contribution is 7.89. The summed E-state index contributed by atoms with van der Waals surface area (Å²) in [6, 6.07) is 15.1. The Hall–Kier alpha value is -1.93. The second-order valence-corrected chi connectivity index (χ2v) is 9.01.